The molecule has 0 amide bonds. The van der Waals surface area contributed by atoms with Crippen LogP contribution in [-0.2, 0) is 0 Å². The summed E-state index contributed by atoms with van der Waals surface area (Å²) in [5, 5.41) is 8.31. The van der Waals surface area contributed by atoms with Gasteiger partial charge in [-0.25, -0.2) is 0 Å². The van der Waals surface area contributed by atoms with Gasteiger partial charge in [0.05, 0.1) is 0 Å². The van der Waals surface area contributed by atoms with Crippen LogP contribution in [-0.4, -0.2) is 29.3 Å². The number of aromatic nitrogens is 2. The molecule has 1 aliphatic rings. The molecule has 0 bridgehead atoms. The Morgan fingerprint density at radius 2 is 2.27 bits per heavy atom. The molecule has 82 valence electrons. The highest BCUT2D eigenvalue weighted by atomic mass is 35.5. The van der Waals surface area contributed by atoms with E-state index in [0.717, 1.165) is 25.3 Å². The van der Waals surface area contributed by atoms with Crippen molar-refractivity contribution in [3.8, 4) is 0 Å². The zero-order valence-corrected chi connectivity index (χ0v) is 9.48. The Bertz CT molecular complexity index is 327. The van der Waals surface area contributed by atoms with Gasteiger partial charge in [-0.1, -0.05) is 18.5 Å². The Hall–Kier alpha value is -0.870. The fourth-order valence-corrected chi connectivity index (χ4v) is 1.89. The second-order valence-electron chi connectivity index (χ2n) is 4.09. The first-order chi connectivity index (χ1) is 7.16. The van der Waals surface area contributed by atoms with Crippen LogP contribution in [0, 0.1) is 5.92 Å². The largest absolute Gasteiger partial charge is 0.354 e. The van der Waals surface area contributed by atoms with Crippen LogP contribution in [0.2, 0.25) is 5.15 Å². The number of piperidine rings is 1. The first-order valence-corrected chi connectivity index (χ1v) is 5.54. The predicted molar refractivity (Wildman–Crippen MR) is 61.0 cm³/mol. The average molecular weight is 227 g/mol. The van der Waals surface area contributed by atoms with E-state index in [0.29, 0.717) is 11.1 Å². The lowest BCUT2D eigenvalue weighted by Gasteiger charge is -2.35. The van der Waals surface area contributed by atoms with Crippen LogP contribution < -0.4 is 10.6 Å². The van der Waals surface area contributed by atoms with Gasteiger partial charge < -0.3 is 10.6 Å². The summed E-state index contributed by atoms with van der Waals surface area (Å²) in [6.45, 7) is 4.03. The van der Waals surface area contributed by atoms with Crippen molar-refractivity contribution in [3.63, 3.8) is 0 Å². The molecule has 1 aromatic heterocycles. The highest BCUT2D eigenvalue weighted by molar-refractivity contribution is 6.29. The minimum absolute atomic E-state index is 0.219. The van der Waals surface area contributed by atoms with E-state index in [9.17, 15) is 0 Å². The van der Waals surface area contributed by atoms with Crippen molar-refractivity contribution in [1.29, 1.82) is 0 Å². The topological polar surface area (TPSA) is 55.0 Å². The molecule has 2 N–H and O–H groups in total. The third-order valence-electron chi connectivity index (χ3n) is 2.96. The fourth-order valence-electron chi connectivity index (χ4n) is 1.78. The zero-order chi connectivity index (χ0) is 10.8. The number of hydrogen-bond acceptors (Lipinski definition) is 4. The molecular formula is C10H15ClN4. The molecule has 15 heavy (non-hydrogen) atoms. The summed E-state index contributed by atoms with van der Waals surface area (Å²) in [6, 6.07) is 3.86. The van der Waals surface area contributed by atoms with Gasteiger partial charge in [0.15, 0.2) is 11.0 Å². The molecule has 0 radical (unpaired) electrons. The molecule has 1 fully saturated rings. The SMILES string of the molecule is CC1CCN(c2ccc(Cl)nn2)CC1N. The summed E-state index contributed by atoms with van der Waals surface area (Å²) in [7, 11) is 0. The fraction of sp³-hybridized carbons (Fsp3) is 0.600. The maximum Gasteiger partial charge on any atom is 0.151 e. The van der Waals surface area contributed by atoms with Gasteiger partial charge in [-0.15, -0.1) is 10.2 Å². The van der Waals surface area contributed by atoms with Crippen molar-refractivity contribution in [3.05, 3.63) is 17.3 Å². The van der Waals surface area contributed by atoms with Crippen LogP contribution in [0.25, 0.3) is 0 Å². The van der Waals surface area contributed by atoms with E-state index in [4.69, 9.17) is 17.3 Å². The first-order valence-electron chi connectivity index (χ1n) is 5.16. The lowest BCUT2D eigenvalue weighted by molar-refractivity contribution is 0.377. The van der Waals surface area contributed by atoms with Crippen LogP contribution in [0.1, 0.15) is 13.3 Å². The number of nitrogens with zero attached hydrogens (tertiary/aromatic N) is 3. The highest BCUT2D eigenvalue weighted by Crippen LogP contribution is 2.20. The number of hydrogen-bond donors (Lipinski definition) is 1. The molecule has 5 heteroatoms. The van der Waals surface area contributed by atoms with Crippen molar-refractivity contribution >= 4 is 17.4 Å². The maximum absolute atomic E-state index is 6.02. The van der Waals surface area contributed by atoms with Crippen LogP contribution >= 0.6 is 11.6 Å². The summed E-state index contributed by atoms with van der Waals surface area (Å²) >= 11 is 5.69. The quantitative estimate of drug-likeness (QED) is 0.785. The van der Waals surface area contributed by atoms with Gasteiger partial charge in [0, 0.05) is 19.1 Å². The minimum Gasteiger partial charge on any atom is -0.354 e. The third kappa shape index (κ3) is 2.38. The van der Waals surface area contributed by atoms with Crippen LogP contribution in [0.15, 0.2) is 12.1 Å². The van der Waals surface area contributed by atoms with Gasteiger partial charge in [0.2, 0.25) is 0 Å². The molecule has 2 heterocycles. The molecule has 0 aromatic carbocycles. The molecule has 2 rings (SSSR count). The summed E-state index contributed by atoms with van der Waals surface area (Å²) in [6.07, 6.45) is 1.10. The molecular weight excluding hydrogens is 212 g/mol. The maximum atomic E-state index is 6.02. The second kappa shape index (κ2) is 4.33. The monoisotopic (exact) mass is 226 g/mol. The van der Waals surface area contributed by atoms with Crippen LogP contribution in [0.4, 0.5) is 5.82 Å². The van der Waals surface area contributed by atoms with E-state index < -0.39 is 0 Å². The Balaban J connectivity index is 2.08. The Labute approximate surface area is 94.4 Å². The van der Waals surface area contributed by atoms with Crippen LogP contribution in [0.5, 0.6) is 0 Å². The number of halogens is 1. The van der Waals surface area contributed by atoms with Gasteiger partial charge >= 0.3 is 0 Å². The van der Waals surface area contributed by atoms with E-state index in [-0.39, 0.29) is 6.04 Å². The molecule has 1 aliphatic heterocycles. The van der Waals surface area contributed by atoms with E-state index in [1.54, 1.807) is 6.07 Å². The summed E-state index contributed by atoms with van der Waals surface area (Å²) in [5.74, 6) is 1.45. The second-order valence-corrected chi connectivity index (χ2v) is 4.48. The molecule has 2 atom stereocenters. The minimum atomic E-state index is 0.219. The molecule has 0 spiro atoms. The molecule has 1 saturated heterocycles. The van der Waals surface area contributed by atoms with E-state index >= 15 is 0 Å². The number of anilines is 1. The van der Waals surface area contributed by atoms with Crippen molar-refractivity contribution in [2.24, 2.45) is 11.7 Å². The number of nitrogens with two attached hydrogens (primary N) is 1. The van der Waals surface area contributed by atoms with Gasteiger partial charge in [0.25, 0.3) is 0 Å². The van der Waals surface area contributed by atoms with Crippen molar-refractivity contribution < 1.29 is 0 Å². The summed E-state index contributed by atoms with van der Waals surface area (Å²) in [4.78, 5) is 2.16. The molecule has 0 aliphatic carbocycles. The Kier molecular flexibility index (Phi) is 3.07. The smallest absolute Gasteiger partial charge is 0.151 e. The van der Waals surface area contributed by atoms with Gasteiger partial charge in [-0.3, -0.25) is 0 Å². The molecule has 4 nitrogen and oxygen atoms in total. The van der Waals surface area contributed by atoms with Crippen molar-refractivity contribution in [2.45, 2.75) is 19.4 Å². The Morgan fingerprint density at radius 1 is 1.47 bits per heavy atom. The van der Waals surface area contributed by atoms with Gasteiger partial charge in [-0.2, -0.15) is 0 Å². The summed E-state index contributed by atoms with van der Waals surface area (Å²) < 4.78 is 0. The predicted octanol–water partition coefficient (Wildman–Crippen LogP) is 1.30. The van der Waals surface area contributed by atoms with Crippen LogP contribution in [0.3, 0.4) is 0 Å². The lowest BCUT2D eigenvalue weighted by atomic mass is 9.94. The average Bonchev–Trinajstić information content (AvgIpc) is 2.23. The third-order valence-corrected chi connectivity index (χ3v) is 3.16. The molecule has 2 unspecified atom stereocenters. The summed E-state index contributed by atoms with van der Waals surface area (Å²) in [5.41, 5.74) is 6.02. The van der Waals surface area contributed by atoms with Gasteiger partial charge in [-0.05, 0) is 24.5 Å². The van der Waals surface area contributed by atoms with Crippen molar-refractivity contribution in [2.75, 3.05) is 18.0 Å². The van der Waals surface area contributed by atoms with Gasteiger partial charge in [0.1, 0.15) is 0 Å². The van der Waals surface area contributed by atoms with E-state index in [1.165, 1.54) is 0 Å². The first kappa shape index (κ1) is 10.6. The highest BCUT2D eigenvalue weighted by Gasteiger charge is 2.23. The number of rotatable bonds is 1. The van der Waals surface area contributed by atoms with Crippen molar-refractivity contribution in [1.82, 2.24) is 10.2 Å². The molecule has 0 saturated carbocycles. The Morgan fingerprint density at radius 3 is 2.87 bits per heavy atom. The standard InChI is InChI=1S/C10H15ClN4/c1-7-4-5-15(6-8(7)12)10-3-2-9(11)13-14-10/h2-3,7-8H,4-6,12H2,1H3. The molecule has 1 aromatic rings. The lowest BCUT2D eigenvalue weighted by Crippen LogP contribution is -2.47. The van der Waals surface area contributed by atoms with E-state index in [1.807, 2.05) is 6.07 Å². The van der Waals surface area contributed by atoms with E-state index in [2.05, 4.69) is 22.0 Å². The zero-order valence-electron chi connectivity index (χ0n) is 8.73. The normalized spacial score (nSPS) is 26.7.